The van der Waals surface area contributed by atoms with E-state index in [-0.39, 0.29) is 0 Å². The molecule has 0 spiro atoms. The Morgan fingerprint density at radius 2 is 1.90 bits per heavy atom. The molecule has 1 N–H and O–H groups in total. The van der Waals surface area contributed by atoms with Crippen LogP contribution in [-0.4, -0.2) is 23.6 Å². The molecule has 0 radical (unpaired) electrons. The van der Waals surface area contributed by atoms with Crippen LogP contribution in [0.1, 0.15) is 70.0 Å². The van der Waals surface area contributed by atoms with E-state index in [0.717, 1.165) is 30.5 Å². The first-order valence-electron chi connectivity index (χ1n) is 8.03. The van der Waals surface area contributed by atoms with Crippen LogP contribution in [0, 0.1) is 0 Å². The number of nitrogens with one attached hydrogen (secondary N) is 1. The van der Waals surface area contributed by atoms with Crippen molar-refractivity contribution in [3.05, 3.63) is 11.9 Å². The Morgan fingerprint density at radius 1 is 1.15 bits per heavy atom. The Kier molecular flexibility index (Phi) is 6.09. The maximum Gasteiger partial charge on any atom is 0.218 e. The van der Waals surface area contributed by atoms with E-state index in [4.69, 9.17) is 4.74 Å². The van der Waals surface area contributed by atoms with E-state index < -0.39 is 0 Å². The molecule has 4 nitrogen and oxygen atoms in total. The van der Waals surface area contributed by atoms with Crippen LogP contribution in [0.15, 0.2) is 6.07 Å². The summed E-state index contributed by atoms with van der Waals surface area (Å²) in [5.74, 6) is 3.08. The van der Waals surface area contributed by atoms with Crippen LogP contribution >= 0.6 is 0 Å². The first-order chi connectivity index (χ1) is 9.83. The van der Waals surface area contributed by atoms with E-state index in [1.54, 1.807) is 0 Å². The molecule has 1 heterocycles. The van der Waals surface area contributed by atoms with Gasteiger partial charge in [0.2, 0.25) is 5.88 Å². The van der Waals surface area contributed by atoms with Crippen molar-refractivity contribution in [3.8, 4) is 5.88 Å². The molecule has 1 saturated carbocycles. The molecule has 2 rings (SSSR count). The molecule has 0 aromatic carbocycles. The van der Waals surface area contributed by atoms with Crippen molar-refractivity contribution in [2.24, 2.45) is 0 Å². The number of ether oxygens (including phenoxy) is 1. The van der Waals surface area contributed by atoms with Gasteiger partial charge < -0.3 is 10.1 Å². The average molecular weight is 277 g/mol. The van der Waals surface area contributed by atoms with Gasteiger partial charge in [-0.05, 0) is 19.3 Å². The topological polar surface area (TPSA) is 47.0 Å². The lowest BCUT2D eigenvalue weighted by Crippen LogP contribution is -2.04. The van der Waals surface area contributed by atoms with Crippen LogP contribution in [0.25, 0.3) is 0 Å². The fourth-order valence-corrected chi connectivity index (χ4v) is 2.23. The van der Waals surface area contributed by atoms with Crippen molar-refractivity contribution in [1.29, 1.82) is 0 Å². The first-order valence-corrected chi connectivity index (χ1v) is 8.03. The molecule has 1 aliphatic carbocycles. The zero-order valence-electron chi connectivity index (χ0n) is 12.8. The molecular weight excluding hydrogens is 250 g/mol. The molecule has 0 amide bonds. The van der Waals surface area contributed by atoms with Crippen molar-refractivity contribution >= 4 is 5.82 Å². The zero-order chi connectivity index (χ0) is 14.2. The van der Waals surface area contributed by atoms with Gasteiger partial charge in [-0.25, -0.2) is 4.98 Å². The highest BCUT2D eigenvalue weighted by molar-refractivity contribution is 5.38. The molecule has 0 unspecified atom stereocenters. The molecule has 20 heavy (non-hydrogen) atoms. The van der Waals surface area contributed by atoms with Gasteiger partial charge in [0.15, 0.2) is 0 Å². The van der Waals surface area contributed by atoms with Crippen LogP contribution in [0.3, 0.4) is 0 Å². The van der Waals surface area contributed by atoms with Gasteiger partial charge in [0.1, 0.15) is 11.6 Å². The Bertz CT molecular complexity index is 405. The van der Waals surface area contributed by atoms with Gasteiger partial charge in [0.25, 0.3) is 0 Å². The Morgan fingerprint density at radius 3 is 2.60 bits per heavy atom. The summed E-state index contributed by atoms with van der Waals surface area (Å²) in [5.41, 5.74) is 0. The average Bonchev–Trinajstić information content (AvgIpc) is 3.30. The monoisotopic (exact) mass is 277 g/mol. The maximum absolute atomic E-state index is 5.78. The van der Waals surface area contributed by atoms with Crippen molar-refractivity contribution in [2.45, 2.75) is 64.2 Å². The highest BCUT2D eigenvalue weighted by Crippen LogP contribution is 2.39. The van der Waals surface area contributed by atoms with Crippen LogP contribution in [-0.2, 0) is 0 Å². The minimum atomic E-state index is 0.555. The normalized spacial score (nSPS) is 14.3. The summed E-state index contributed by atoms with van der Waals surface area (Å²) in [4.78, 5) is 9.01. The van der Waals surface area contributed by atoms with Crippen LogP contribution < -0.4 is 10.1 Å². The first kappa shape index (κ1) is 15.1. The van der Waals surface area contributed by atoms with E-state index in [1.165, 1.54) is 44.9 Å². The van der Waals surface area contributed by atoms with E-state index in [1.807, 2.05) is 13.1 Å². The number of aromatic nitrogens is 2. The van der Waals surface area contributed by atoms with Crippen LogP contribution in [0.5, 0.6) is 5.88 Å². The fourth-order valence-electron chi connectivity index (χ4n) is 2.23. The zero-order valence-corrected chi connectivity index (χ0v) is 12.8. The van der Waals surface area contributed by atoms with Crippen molar-refractivity contribution in [1.82, 2.24) is 9.97 Å². The summed E-state index contributed by atoms with van der Waals surface area (Å²) in [7, 11) is 1.89. The molecule has 4 heteroatoms. The Balaban J connectivity index is 1.73. The molecule has 112 valence electrons. The van der Waals surface area contributed by atoms with E-state index >= 15 is 0 Å². The van der Waals surface area contributed by atoms with E-state index in [0.29, 0.717) is 5.92 Å². The minimum Gasteiger partial charge on any atom is -0.478 e. The largest absolute Gasteiger partial charge is 0.478 e. The number of hydrogen-bond acceptors (Lipinski definition) is 4. The standard InChI is InChI=1S/C16H27N3O/c1-3-4-5-6-7-8-11-20-15-12-14(17-2)18-16(19-15)13-9-10-13/h12-13H,3-11H2,1-2H3,(H,17,18,19). The summed E-state index contributed by atoms with van der Waals surface area (Å²) in [5, 5.41) is 3.08. The quantitative estimate of drug-likeness (QED) is 0.653. The Labute approximate surface area is 122 Å². The van der Waals surface area contributed by atoms with Crippen molar-refractivity contribution in [2.75, 3.05) is 19.0 Å². The second-order valence-electron chi connectivity index (χ2n) is 5.59. The second-order valence-corrected chi connectivity index (χ2v) is 5.59. The molecule has 1 aromatic heterocycles. The molecule has 1 aromatic rings. The third-order valence-corrected chi connectivity index (χ3v) is 3.67. The number of rotatable bonds is 10. The van der Waals surface area contributed by atoms with Gasteiger partial charge in [-0.1, -0.05) is 39.0 Å². The predicted octanol–water partition coefficient (Wildman–Crippen LogP) is 4.14. The molecule has 0 bridgehead atoms. The van der Waals surface area contributed by atoms with Gasteiger partial charge >= 0.3 is 0 Å². The summed E-state index contributed by atoms with van der Waals surface area (Å²) in [6.07, 6.45) is 10.1. The molecule has 0 aliphatic heterocycles. The van der Waals surface area contributed by atoms with Crippen molar-refractivity contribution in [3.63, 3.8) is 0 Å². The predicted molar refractivity (Wildman–Crippen MR) is 82.4 cm³/mol. The maximum atomic E-state index is 5.78. The van der Waals surface area contributed by atoms with Crippen LogP contribution in [0.4, 0.5) is 5.82 Å². The van der Waals surface area contributed by atoms with Crippen molar-refractivity contribution < 1.29 is 4.74 Å². The second kappa shape index (κ2) is 8.08. The summed E-state index contributed by atoms with van der Waals surface area (Å²) >= 11 is 0. The summed E-state index contributed by atoms with van der Waals surface area (Å²) in [6, 6.07) is 1.89. The van der Waals surface area contributed by atoms with E-state index in [9.17, 15) is 0 Å². The lowest BCUT2D eigenvalue weighted by atomic mass is 10.1. The van der Waals surface area contributed by atoms with Gasteiger partial charge in [0, 0.05) is 19.0 Å². The summed E-state index contributed by atoms with van der Waals surface area (Å²) in [6.45, 7) is 3.01. The highest BCUT2D eigenvalue weighted by Gasteiger charge is 2.27. The molecule has 1 fully saturated rings. The SMILES string of the molecule is CCCCCCCCOc1cc(NC)nc(C2CC2)n1. The Hall–Kier alpha value is -1.32. The van der Waals surface area contributed by atoms with Crippen LogP contribution in [0.2, 0.25) is 0 Å². The molecule has 0 saturated heterocycles. The third-order valence-electron chi connectivity index (χ3n) is 3.67. The van der Waals surface area contributed by atoms with E-state index in [2.05, 4.69) is 22.2 Å². The summed E-state index contributed by atoms with van der Waals surface area (Å²) < 4.78 is 5.78. The third kappa shape index (κ3) is 4.99. The number of hydrogen-bond donors (Lipinski definition) is 1. The lowest BCUT2D eigenvalue weighted by Gasteiger charge is -2.09. The molecule has 1 aliphatic rings. The number of anilines is 1. The minimum absolute atomic E-state index is 0.555. The van der Waals surface area contributed by atoms with Gasteiger partial charge in [0.05, 0.1) is 6.61 Å². The van der Waals surface area contributed by atoms with Gasteiger partial charge in [-0.3, -0.25) is 0 Å². The van der Waals surface area contributed by atoms with Gasteiger partial charge in [-0.2, -0.15) is 4.98 Å². The van der Waals surface area contributed by atoms with Gasteiger partial charge in [-0.15, -0.1) is 0 Å². The molecular formula is C16H27N3O. The number of unbranched alkanes of at least 4 members (excludes halogenated alkanes) is 5. The lowest BCUT2D eigenvalue weighted by molar-refractivity contribution is 0.292. The highest BCUT2D eigenvalue weighted by atomic mass is 16.5. The fraction of sp³-hybridized carbons (Fsp3) is 0.750. The smallest absolute Gasteiger partial charge is 0.218 e. The molecule has 0 atom stereocenters. The number of nitrogens with zero attached hydrogens (tertiary/aromatic N) is 2.